The Morgan fingerprint density at radius 2 is 1.62 bits per heavy atom. The highest BCUT2D eigenvalue weighted by molar-refractivity contribution is 7.89. The highest BCUT2D eigenvalue weighted by Crippen LogP contribution is 2.30. The molecule has 10 heteroatoms. The van der Waals surface area contributed by atoms with E-state index in [1.54, 1.807) is 12.1 Å². The van der Waals surface area contributed by atoms with E-state index < -0.39 is 10.0 Å². The molecular weight excluding hydrogens is 454 g/mol. The van der Waals surface area contributed by atoms with Crippen LogP contribution in [0.4, 0.5) is 11.4 Å². The molecule has 0 aromatic heterocycles. The van der Waals surface area contributed by atoms with E-state index in [1.165, 1.54) is 16.4 Å². The Morgan fingerprint density at radius 3 is 2.29 bits per heavy atom. The summed E-state index contributed by atoms with van der Waals surface area (Å²) in [4.78, 5) is 28.9. The van der Waals surface area contributed by atoms with Crippen molar-refractivity contribution in [3.63, 3.8) is 0 Å². The number of sulfonamides is 1. The molecule has 0 radical (unpaired) electrons. The third kappa shape index (κ3) is 5.24. The average Bonchev–Trinajstić information content (AvgIpc) is 2.85. The van der Waals surface area contributed by atoms with Crippen molar-refractivity contribution in [1.82, 2.24) is 9.21 Å². The van der Waals surface area contributed by atoms with E-state index in [0.29, 0.717) is 57.8 Å². The molecule has 0 aliphatic carbocycles. The molecule has 182 valence electrons. The fourth-order valence-corrected chi connectivity index (χ4v) is 5.90. The number of likely N-dealkylation sites (N-methyl/N-ethyl adjacent to an activating group) is 1. The molecule has 2 aliphatic heterocycles. The first-order valence-corrected chi connectivity index (χ1v) is 12.9. The summed E-state index contributed by atoms with van der Waals surface area (Å²) in [5, 5.41) is 2.93. The monoisotopic (exact) mass is 485 g/mol. The van der Waals surface area contributed by atoms with E-state index in [-0.39, 0.29) is 28.2 Å². The molecule has 2 amide bonds. The highest BCUT2D eigenvalue weighted by Gasteiger charge is 2.28. The largest absolute Gasteiger partial charge is 0.370 e. The number of anilines is 2. The van der Waals surface area contributed by atoms with Crippen molar-refractivity contribution < 1.29 is 18.0 Å². The van der Waals surface area contributed by atoms with Gasteiger partial charge in [-0.15, -0.1) is 0 Å². The van der Waals surface area contributed by atoms with Crippen LogP contribution in [0.2, 0.25) is 0 Å². The Balaban J connectivity index is 1.50. The number of primary amides is 1. The summed E-state index contributed by atoms with van der Waals surface area (Å²) < 4.78 is 27.7. The van der Waals surface area contributed by atoms with Gasteiger partial charge in [-0.05, 0) is 50.2 Å². The van der Waals surface area contributed by atoms with Crippen molar-refractivity contribution >= 4 is 33.2 Å². The smallest absolute Gasteiger partial charge is 0.255 e. The number of carbonyl (C=O) groups is 2. The van der Waals surface area contributed by atoms with Crippen LogP contribution in [-0.4, -0.2) is 75.8 Å². The normalized spacial score (nSPS) is 18.6. The summed E-state index contributed by atoms with van der Waals surface area (Å²) in [6, 6.07) is 13.6. The second-order valence-corrected chi connectivity index (χ2v) is 10.8. The summed E-state index contributed by atoms with van der Waals surface area (Å²) in [6.07, 6.45) is 1.34. The number of amides is 2. The fourth-order valence-electron chi connectivity index (χ4n) is 4.43. The van der Waals surface area contributed by atoms with Crippen molar-refractivity contribution in [3.8, 4) is 0 Å². The lowest BCUT2D eigenvalue weighted by molar-refractivity contribution is -0.122. The van der Waals surface area contributed by atoms with Crippen LogP contribution in [-0.2, 0) is 14.8 Å². The average molecular weight is 486 g/mol. The highest BCUT2D eigenvalue weighted by atomic mass is 32.2. The van der Waals surface area contributed by atoms with Gasteiger partial charge in [-0.2, -0.15) is 4.31 Å². The van der Waals surface area contributed by atoms with Gasteiger partial charge in [0, 0.05) is 50.7 Å². The molecule has 2 fully saturated rings. The van der Waals surface area contributed by atoms with Gasteiger partial charge in [0.05, 0.1) is 16.3 Å². The van der Waals surface area contributed by atoms with E-state index in [1.807, 2.05) is 31.3 Å². The number of nitrogens with one attached hydrogen (secondary N) is 1. The molecule has 9 nitrogen and oxygen atoms in total. The Bertz CT molecular complexity index is 1150. The zero-order valence-electron chi connectivity index (χ0n) is 19.3. The topological polar surface area (TPSA) is 116 Å². The fraction of sp³-hybridized carbons (Fsp3) is 0.417. The molecule has 2 heterocycles. The molecule has 0 unspecified atom stereocenters. The van der Waals surface area contributed by atoms with Crippen molar-refractivity contribution in [2.45, 2.75) is 17.7 Å². The van der Waals surface area contributed by atoms with Gasteiger partial charge in [-0.3, -0.25) is 9.59 Å². The lowest BCUT2D eigenvalue weighted by Crippen LogP contribution is -2.47. The number of para-hydroxylation sites is 2. The second-order valence-electron chi connectivity index (χ2n) is 8.87. The standard InChI is InChI=1S/C24H31N5O4S/c1-27-13-15-29(16-14-27)34(32,33)20-6-4-5-19(17-20)24(31)26-21-7-2-3-8-22(21)28-11-9-18(10-12-28)23(25)30/h2-8,17-18H,9-16H2,1H3,(H2,25,30)(H,26,31). The van der Waals surface area contributed by atoms with E-state index in [0.717, 1.165) is 5.69 Å². The van der Waals surface area contributed by atoms with Crippen LogP contribution in [0.1, 0.15) is 23.2 Å². The molecule has 0 saturated carbocycles. The van der Waals surface area contributed by atoms with Crippen LogP contribution in [0, 0.1) is 5.92 Å². The molecule has 2 aromatic carbocycles. The maximum atomic E-state index is 13.1. The minimum atomic E-state index is -3.67. The van der Waals surface area contributed by atoms with Gasteiger partial charge >= 0.3 is 0 Å². The zero-order valence-corrected chi connectivity index (χ0v) is 20.1. The second kappa shape index (κ2) is 10.1. The number of rotatable bonds is 6. The van der Waals surface area contributed by atoms with Gasteiger partial charge < -0.3 is 20.9 Å². The van der Waals surface area contributed by atoms with Crippen molar-refractivity contribution in [2.75, 3.05) is 56.5 Å². The lowest BCUT2D eigenvalue weighted by atomic mass is 9.96. The number of piperazine rings is 1. The maximum Gasteiger partial charge on any atom is 0.255 e. The van der Waals surface area contributed by atoms with Gasteiger partial charge in [-0.25, -0.2) is 8.42 Å². The minimum absolute atomic E-state index is 0.117. The van der Waals surface area contributed by atoms with Gasteiger partial charge in [0.1, 0.15) is 0 Å². The van der Waals surface area contributed by atoms with Crippen LogP contribution in [0.15, 0.2) is 53.4 Å². The number of hydrogen-bond donors (Lipinski definition) is 2. The SMILES string of the molecule is CN1CCN(S(=O)(=O)c2cccc(C(=O)Nc3ccccc3N3CCC(C(N)=O)CC3)c2)CC1. The maximum absolute atomic E-state index is 13.1. The molecule has 2 aliphatic rings. The molecule has 2 saturated heterocycles. The zero-order chi connectivity index (χ0) is 24.3. The molecule has 4 rings (SSSR count). The number of piperidine rings is 1. The molecule has 0 bridgehead atoms. The molecule has 34 heavy (non-hydrogen) atoms. The number of nitrogens with two attached hydrogens (primary N) is 1. The van der Waals surface area contributed by atoms with Crippen LogP contribution >= 0.6 is 0 Å². The Hall–Kier alpha value is -2.95. The van der Waals surface area contributed by atoms with Gasteiger partial charge in [0.15, 0.2) is 0 Å². The van der Waals surface area contributed by atoms with E-state index in [2.05, 4.69) is 15.1 Å². The third-order valence-electron chi connectivity index (χ3n) is 6.59. The number of nitrogens with zero attached hydrogens (tertiary/aromatic N) is 3. The summed E-state index contributed by atoms with van der Waals surface area (Å²) in [6.45, 7) is 3.53. The van der Waals surface area contributed by atoms with Crippen LogP contribution in [0.25, 0.3) is 0 Å². The first kappa shape index (κ1) is 24.2. The van der Waals surface area contributed by atoms with Crippen LogP contribution in [0.5, 0.6) is 0 Å². The first-order chi connectivity index (χ1) is 16.3. The molecule has 3 N–H and O–H groups in total. The Kier molecular flexibility index (Phi) is 7.20. The van der Waals surface area contributed by atoms with Crippen molar-refractivity contribution in [3.05, 3.63) is 54.1 Å². The quantitative estimate of drug-likeness (QED) is 0.642. The van der Waals surface area contributed by atoms with Crippen molar-refractivity contribution in [2.24, 2.45) is 11.7 Å². The molecule has 0 atom stereocenters. The Labute approximate surface area is 200 Å². The molecular formula is C24H31N5O4S. The molecule has 0 spiro atoms. The summed E-state index contributed by atoms with van der Waals surface area (Å²) >= 11 is 0. The third-order valence-corrected chi connectivity index (χ3v) is 8.48. The predicted molar refractivity (Wildman–Crippen MR) is 131 cm³/mol. The van der Waals surface area contributed by atoms with E-state index in [4.69, 9.17) is 5.73 Å². The lowest BCUT2D eigenvalue weighted by Gasteiger charge is -2.33. The van der Waals surface area contributed by atoms with Gasteiger partial charge in [0.25, 0.3) is 5.91 Å². The van der Waals surface area contributed by atoms with Crippen LogP contribution in [0.3, 0.4) is 0 Å². The predicted octanol–water partition coefficient (Wildman–Crippen LogP) is 1.58. The van der Waals surface area contributed by atoms with E-state index in [9.17, 15) is 18.0 Å². The van der Waals surface area contributed by atoms with Crippen LogP contribution < -0.4 is 16.0 Å². The van der Waals surface area contributed by atoms with Crippen molar-refractivity contribution in [1.29, 1.82) is 0 Å². The summed E-state index contributed by atoms with van der Waals surface area (Å²) in [5.74, 6) is -0.773. The summed E-state index contributed by atoms with van der Waals surface area (Å²) in [5.41, 5.74) is 7.22. The summed E-state index contributed by atoms with van der Waals surface area (Å²) in [7, 11) is -1.71. The number of hydrogen-bond acceptors (Lipinski definition) is 6. The first-order valence-electron chi connectivity index (χ1n) is 11.5. The number of benzene rings is 2. The molecule has 2 aromatic rings. The van der Waals surface area contributed by atoms with Gasteiger partial charge in [-0.1, -0.05) is 18.2 Å². The van der Waals surface area contributed by atoms with E-state index >= 15 is 0 Å². The van der Waals surface area contributed by atoms with Gasteiger partial charge in [0.2, 0.25) is 15.9 Å². The Morgan fingerprint density at radius 1 is 0.941 bits per heavy atom. The minimum Gasteiger partial charge on any atom is -0.370 e. The number of carbonyl (C=O) groups excluding carboxylic acids is 2.